The number of hydrogen-bond acceptors (Lipinski definition) is 5. The summed E-state index contributed by atoms with van der Waals surface area (Å²) in [4.78, 5) is 25.3. The van der Waals surface area contributed by atoms with Crippen LogP contribution in [0.4, 0.5) is 0 Å². The highest BCUT2D eigenvalue weighted by atomic mass is 32.1. The molecule has 4 fully saturated rings. The molecule has 0 aliphatic heterocycles. The summed E-state index contributed by atoms with van der Waals surface area (Å²) in [6.45, 7) is 2.24. The van der Waals surface area contributed by atoms with Gasteiger partial charge in [-0.05, 0) is 86.5 Å². The SMILES string of the molecule is CC(NC(=O)CCCc1nnc2n(C)c(=O)c3sccc3n12)C12CC3CC(CC(C3)C1)C2. The van der Waals surface area contributed by atoms with E-state index < -0.39 is 0 Å². The second kappa shape index (κ2) is 7.40. The molecule has 4 aliphatic rings. The molecular weight excluding hydrogens is 422 g/mol. The third-order valence-corrected chi connectivity index (χ3v) is 9.47. The number of amides is 1. The Morgan fingerprint density at radius 1 is 1.22 bits per heavy atom. The molecule has 7 rings (SSSR count). The molecule has 4 saturated carbocycles. The van der Waals surface area contributed by atoms with Gasteiger partial charge in [-0.3, -0.25) is 18.6 Å². The van der Waals surface area contributed by atoms with Gasteiger partial charge in [-0.2, -0.15) is 0 Å². The topological polar surface area (TPSA) is 81.3 Å². The Morgan fingerprint density at radius 2 is 1.91 bits per heavy atom. The Bertz CT molecular complexity index is 1220. The number of aromatic nitrogens is 4. The van der Waals surface area contributed by atoms with Crippen LogP contribution in [-0.4, -0.2) is 31.1 Å². The summed E-state index contributed by atoms with van der Waals surface area (Å²) >= 11 is 1.44. The van der Waals surface area contributed by atoms with Crippen LogP contribution in [0.15, 0.2) is 16.2 Å². The van der Waals surface area contributed by atoms with Crippen LogP contribution in [-0.2, 0) is 18.3 Å². The zero-order chi connectivity index (χ0) is 22.0. The van der Waals surface area contributed by atoms with Crippen LogP contribution >= 0.6 is 11.3 Å². The third-order valence-electron chi connectivity index (χ3n) is 8.58. The molecule has 3 aromatic heterocycles. The van der Waals surface area contributed by atoms with E-state index in [0.717, 1.165) is 29.1 Å². The average molecular weight is 454 g/mol. The quantitative estimate of drug-likeness (QED) is 0.617. The number of aryl methyl sites for hydroxylation is 2. The van der Waals surface area contributed by atoms with Gasteiger partial charge in [0.2, 0.25) is 11.7 Å². The van der Waals surface area contributed by atoms with Crippen molar-refractivity contribution in [3.05, 3.63) is 27.6 Å². The van der Waals surface area contributed by atoms with E-state index in [1.54, 1.807) is 11.6 Å². The van der Waals surface area contributed by atoms with Crippen molar-refractivity contribution in [1.82, 2.24) is 24.5 Å². The molecule has 4 aliphatic carbocycles. The van der Waals surface area contributed by atoms with Gasteiger partial charge in [0.05, 0.1) is 5.52 Å². The summed E-state index contributed by atoms with van der Waals surface area (Å²) in [6, 6.07) is 2.21. The number of thiophene rings is 1. The predicted molar refractivity (Wildman–Crippen MR) is 125 cm³/mol. The first kappa shape index (κ1) is 20.4. The van der Waals surface area contributed by atoms with Crippen LogP contribution in [0.3, 0.4) is 0 Å². The first-order valence-electron chi connectivity index (χ1n) is 12.0. The fourth-order valence-corrected chi connectivity index (χ4v) is 8.25. The Kier molecular flexibility index (Phi) is 4.72. The van der Waals surface area contributed by atoms with Gasteiger partial charge >= 0.3 is 0 Å². The molecule has 0 aromatic carbocycles. The minimum Gasteiger partial charge on any atom is -0.353 e. The molecule has 170 valence electrons. The summed E-state index contributed by atoms with van der Waals surface area (Å²) in [5, 5.41) is 13.9. The molecule has 0 spiro atoms. The summed E-state index contributed by atoms with van der Waals surface area (Å²) in [5.74, 6) is 4.19. The molecule has 3 aromatic rings. The molecule has 1 atom stereocenters. The maximum atomic E-state index is 12.8. The predicted octanol–water partition coefficient (Wildman–Crippen LogP) is 3.69. The molecule has 0 saturated heterocycles. The summed E-state index contributed by atoms with van der Waals surface area (Å²) < 4.78 is 4.22. The van der Waals surface area contributed by atoms with Crippen LogP contribution in [0.5, 0.6) is 0 Å². The molecule has 1 unspecified atom stereocenters. The molecule has 7 nitrogen and oxygen atoms in total. The zero-order valence-electron chi connectivity index (χ0n) is 18.8. The lowest BCUT2D eigenvalue weighted by Crippen LogP contribution is -2.55. The Balaban J connectivity index is 1.12. The molecular formula is C24H31N5O2S. The summed E-state index contributed by atoms with van der Waals surface area (Å²) in [7, 11) is 1.73. The average Bonchev–Trinajstić information content (AvgIpc) is 3.38. The Labute approximate surface area is 191 Å². The van der Waals surface area contributed by atoms with Crippen LogP contribution in [0.2, 0.25) is 0 Å². The molecule has 0 radical (unpaired) electrons. The highest BCUT2D eigenvalue weighted by Gasteiger charge is 2.53. The zero-order valence-corrected chi connectivity index (χ0v) is 19.7. The van der Waals surface area contributed by atoms with Crippen molar-refractivity contribution in [2.45, 2.75) is 70.8 Å². The second-order valence-corrected chi connectivity index (χ2v) is 11.6. The van der Waals surface area contributed by atoms with Crippen molar-refractivity contribution in [3.63, 3.8) is 0 Å². The van der Waals surface area contributed by atoms with Crippen molar-refractivity contribution in [3.8, 4) is 0 Å². The molecule has 8 heteroatoms. The highest BCUT2D eigenvalue weighted by Crippen LogP contribution is 2.61. The number of fused-ring (bicyclic) bond motifs is 3. The van der Waals surface area contributed by atoms with Gasteiger partial charge in [0.1, 0.15) is 10.5 Å². The van der Waals surface area contributed by atoms with Gasteiger partial charge in [0.15, 0.2) is 0 Å². The fourth-order valence-electron chi connectivity index (χ4n) is 7.40. The van der Waals surface area contributed by atoms with Crippen LogP contribution in [0, 0.1) is 23.2 Å². The number of nitrogens with one attached hydrogen (secondary N) is 1. The monoisotopic (exact) mass is 453 g/mol. The third kappa shape index (κ3) is 3.13. The first-order chi connectivity index (χ1) is 15.4. The minimum atomic E-state index is -0.0421. The molecule has 3 heterocycles. The first-order valence-corrected chi connectivity index (χ1v) is 12.9. The standard InChI is InChI=1S/C24H31N5O2S/c1-14(24-11-15-8-16(12-24)10-17(9-15)13-24)25-20(30)5-3-4-19-26-27-23-28(2)22(31)21-18(29(19)23)6-7-32-21/h6-7,14-17H,3-5,8-13H2,1-2H3,(H,25,30). The van der Waals surface area contributed by atoms with Crippen molar-refractivity contribution in [2.24, 2.45) is 30.2 Å². The normalized spacial score (nSPS) is 29.8. The van der Waals surface area contributed by atoms with Gasteiger partial charge in [0, 0.05) is 25.9 Å². The van der Waals surface area contributed by atoms with Crippen LogP contribution in [0.1, 0.15) is 64.1 Å². The Morgan fingerprint density at radius 3 is 2.59 bits per heavy atom. The van der Waals surface area contributed by atoms with Crippen molar-refractivity contribution in [1.29, 1.82) is 0 Å². The van der Waals surface area contributed by atoms with E-state index in [1.807, 2.05) is 15.8 Å². The summed E-state index contributed by atoms with van der Waals surface area (Å²) in [5.41, 5.74) is 1.15. The largest absolute Gasteiger partial charge is 0.353 e. The van der Waals surface area contributed by atoms with E-state index in [2.05, 4.69) is 22.4 Å². The number of carbonyl (C=O) groups is 1. The van der Waals surface area contributed by atoms with E-state index in [9.17, 15) is 9.59 Å². The fraction of sp³-hybridized carbons (Fsp3) is 0.667. The van der Waals surface area contributed by atoms with E-state index >= 15 is 0 Å². The maximum Gasteiger partial charge on any atom is 0.272 e. The minimum absolute atomic E-state index is 0.0421. The van der Waals surface area contributed by atoms with E-state index in [0.29, 0.717) is 35.2 Å². The van der Waals surface area contributed by atoms with Crippen molar-refractivity contribution < 1.29 is 4.79 Å². The lowest BCUT2D eigenvalue weighted by molar-refractivity contribution is -0.126. The number of rotatable bonds is 6. The van der Waals surface area contributed by atoms with Crippen molar-refractivity contribution >= 4 is 33.2 Å². The smallest absolute Gasteiger partial charge is 0.272 e. The van der Waals surface area contributed by atoms with Gasteiger partial charge in [0.25, 0.3) is 5.56 Å². The van der Waals surface area contributed by atoms with Gasteiger partial charge in [-0.25, -0.2) is 0 Å². The molecule has 32 heavy (non-hydrogen) atoms. The highest BCUT2D eigenvalue weighted by molar-refractivity contribution is 7.17. The van der Waals surface area contributed by atoms with Crippen LogP contribution in [0.25, 0.3) is 16.0 Å². The van der Waals surface area contributed by atoms with E-state index in [-0.39, 0.29) is 17.5 Å². The number of hydrogen-bond donors (Lipinski definition) is 1. The Hall–Kier alpha value is -2.22. The molecule has 1 N–H and O–H groups in total. The lowest BCUT2D eigenvalue weighted by atomic mass is 9.48. The van der Waals surface area contributed by atoms with Gasteiger partial charge in [-0.1, -0.05) is 0 Å². The van der Waals surface area contributed by atoms with E-state index in [4.69, 9.17) is 0 Å². The van der Waals surface area contributed by atoms with Gasteiger partial charge in [-0.15, -0.1) is 21.5 Å². The maximum absolute atomic E-state index is 12.8. The molecule has 1 amide bonds. The second-order valence-electron chi connectivity index (χ2n) is 10.7. The van der Waals surface area contributed by atoms with Crippen LogP contribution < -0.4 is 10.9 Å². The lowest BCUT2D eigenvalue weighted by Gasteiger charge is -2.59. The number of carbonyl (C=O) groups excluding carboxylic acids is 1. The number of nitrogens with zero attached hydrogens (tertiary/aromatic N) is 4. The van der Waals surface area contributed by atoms with Crippen molar-refractivity contribution in [2.75, 3.05) is 0 Å². The summed E-state index contributed by atoms with van der Waals surface area (Å²) in [6.07, 6.45) is 10.1. The van der Waals surface area contributed by atoms with Gasteiger partial charge < -0.3 is 5.32 Å². The molecule has 4 bridgehead atoms. The van der Waals surface area contributed by atoms with E-state index in [1.165, 1.54) is 49.9 Å².